The van der Waals surface area contributed by atoms with E-state index in [2.05, 4.69) is 27.2 Å². The third-order valence-electron chi connectivity index (χ3n) is 5.87. The number of ether oxygens (including phenoxy) is 1. The molecular weight excluding hydrogens is 430 g/mol. The van der Waals surface area contributed by atoms with Crippen molar-refractivity contribution in [1.29, 1.82) is 0 Å². The SMILES string of the molecule is Cn1cc(C#Cc2ccc3nc4n(c3c2)[C@@H]2C[C@H]4NC(=O)c3nccc(OC(F)F)c32)cn1. The van der Waals surface area contributed by atoms with Gasteiger partial charge in [-0.3, -0.25) is 14.5 Å². The molecule has 0 fully saturated rings. The van der Waals surface area contributed by atoms with Gasteiger partial charge in [0.1, 0.15) is 17.3 Å². The molecule has 164 valence electrons. The highest BCUT2D eigenvalue weighted by molar-refractivity contribution is 5.96. The van der Waals surface area contributed by atoms with Crippen LogP contribution < -0.4 is 10.1 Å². The normalized spacial score (nSPS) is 18.4. The number of aromatic nitrogens is 5. The van der Waals surface area contributed by atoms with E-state index in [0.29, 0.717) is 17.8 Å². The second-order valence-corrected chi connectivity index (χ2v) is 7.92. The van der Waals surface area contributed by atoms with Crippen LogP contribution in [0.4, 0.5) is 8.78 Å². The molecule has 2 aliphatic heterocycles. The Bertz CT molecular complexity index is 1500. The molecule has 0 saturated carbocycles. The number of benzene rings is 1. The Hall–Kier alpha value is -4.26. The van der Waals surface area contributed by atoms with Gasteiger partial charge in [0.15, 0.2) is 0 Å². The molecule has 0 unspecified atom stereocenters. The number of alkyl halides is 2. The van der Waals surface area contributed by atoms with Gasteiger partial charge in [0.2, 0.25) is 0 Å². The van der Waals surface area contributed by atoms with Crippen LogP contribution in [0.25, 0.3) is 11.0 Å². The van der Waals surface area contributed by atoms with E-state index in [9.17, 15) is 13.6 Å². The first-order chi connectivity index (χ1) is 16.0. The monoisotopic (exact) mass is 446 g/mol. The van der Waals surface area contributed by atoms with Crippen LogP contribution in [0.1, 0.15) is 51.5 Å². The minimum atomic E-state index is -3.02. The predicted molar refractivity (Wildman–Crippen MR) is 113 cm³/mol. The largest absolute Gasteiger partial charge is 0.434 e. The minimum Gasteiger partial charge on any atom is -0.434 e. The van der Waals surface area contributed by atoms with Gasteiger partial charge in [-0.1, -0.05) is 11.8 Å². The summed E-state index contributed by atoms with van der Waals surface area (Å²) in [5, 5.41) is 7.04. The number of aryl methyl sites for hydroxylation is 1. The van der Waals surface area contributed by atoms with Gasteiger partial charge in [0, 0.05) is 37.0 Å². The molecule has 1 amide bonds. The molecule has 0 radical (unpaired) electrons. The Kier molecular flexibility index (Phi) is 4.20. The highest BCUT2D eigenvalue weighted by atomic mass is 19.3. The number of hydrogen-bond donors (Lipinski definition) is 1. The maximum atomic E-state index is 13.1. The molecule has 6 rings (SSSR count). The number of fused-ring (bicyclic) bond motifs is 9. The van der Waals surface area contributed by atoms with Crippen molar-refractivity contribution in [3.63, 3.8) is 0 Å². The molecular formula is C23H16F2N6O2. The second-order valence-electron chi connectivity index (χ2n) is 7.92. The molecule has 0 aliphatic carbocycles. The summed E-state index contributed by atoms with van der Waals surface area (Å²) in [7, 11) is 1.82. The summed E-state index contributed by atoms with van der Waals surface area (Å²) in [6, 6.07) is 6.21. The molecule has 5 heterocycles. The molecule has 2 atom stereocenters. The fourth-order valence-corrected chi connectivity index (χ4v) is 4.58. The Morgan fingerprint density at radius 2 is 2.09 bits per heavy atom. The first kappa shape index (κ1) is 19.4. The first-order valence-electron chi connectivity index (χ1n) is 10.2. The van der Waals surface area contributed by atoms with E-state index in [4.69, 9.17) is 9.72 Å². The summed E-state index contributed by atoms with van der Waals surface area (Å²) in [6.07, 6.45) is 5.28. The average Bonchev–Trinajstić information content (AvgIpc) is 3.43. The van der Waals surface area contributed by atoms with E-state index in [1.807, 2.05) is 36.0 Å². The quantitative estimate of drug-likeness (QED) is 0.479. The van der Waals surface area contributed by atoms with Gasteiger partial charge in [-0.15, -0.1) is 0 Å². The summed E-state index contributed by atoms with van der Waals surface area (Å²) in [5.41, 5.74) is 3.50. The van der Waals surface area contributed by atoms with E-state index in [1.54, 1.807) is 10.9 Å². The summed E-state index contributed by atoms with van der Waals surface area (Å²) < 4.78 is 34.6. The van der Waals surface area contributed by atoms with Crippen molar-refractivity contribution >= 4 is 16.9 Å². The van der Waals surface area contributed by atoms with Crippen molar-refractivity contribution < 1.29 is 18.3 Å². The van der Waals surface area contributed by atoms with E-state index in [-0.39, 0.29) is 17.5 Å². The Morgan fingerprint density at radius 1 is 1.24 bits per heavy atom. The number of amides is 1. The van der Waals surface area contributed by atoms with Crippen LogP contribution in [-0.2, 0) is 7.05 Å². The lowest BCUT2D eigenvalue weighted by molar-refractivity contribution is -0.0507. The number of carbonyl (C=O) groups is 1. The van der Waals surface area contributed by atoms with Gasteiger partial charge in [-0.25, -0.2) is 4.98 Å². The number of nitrogens with one attached hydrogen (secondary N) is 1. The van der Waals surface area contributed by atoms with Gasteiger partial charge < -0.3 is 14.6 Å². The van der Waals surface area contributed by atoms with E-state index in [1.165, 1.54) is 12.3 Å². The van der Waals surface area contributed by atoms with Crippen LogP contribution in [0.2, 0.25) is 0 Å². The van der Waals surface area contributed by atoms with Crippen molar-refractivity contribution in [2.75, 3.05) is 0 Å². The number of nitrogens with zero attached hydrogens (tertiary/aromatic N) is 5. The lowest BCUT2D eigenvalue weighted by Crippen LogP contribution is -2.28. The second kappa shape index (κ2) is 7.13. The number of halogens is 2. The van der Waals surface area contributed by atoms with Crippen molar-refractivity contribution in [1.82, 2.24) is 29.6 Å². The molecule has 10 heteroatoms. The highest BCUT2D eigenvalue weighted by Gasteiger charge is 2.43. The summed E-state index contributed by atoms with van der Waals surface area (Å²) >= 11 is 0. The first-order valence-corrected chi connectivity index (χ1v) is 10.2. The van der Waals surface area contributed by atoms with Crippen LogP contribution in [0, 0.1) is 11.8 Å². The zero-order valence-electron chi connectivity index (χ0n) is 17.3. The maximum Gasteiger partial charge on any atom is 0.387 e. The van der Waals surface area contributed by atoms with Crippen molar-refractivity contribution in [3.05, 3.63) is 71.1 Å². The lowest BCUT2D eigenvalue weighted by Gasteiger charge is -2.20. The molecule has 0 spiro atoms. The topological polar surface area (TPSA) is 86.9 Å². The molecule has 2 bridgehead atoms. The third-order valence-corrected chi connectivity index (χ3v) is 5.87. The van der Waals surface area contributed by atoms with E-state index in [0.717, 1.165) is 22.2 Å². The van der Waals surface area contributed by atoms with Crippen molar-refractivity contribution in [3.8, 4) is 17.6 Å². The molecule has 1 N–H and O–H groups in total. The van der Waals surface area contributed by atoms with Crippen molar-refractivity contribution in [2.24, 2.45) is 7.05 Å². The third kappa shape index (κ3) is 3.12. The minimum absolute atomic E-state index is 0.0574. The molecule has 8 nitrogen and oxygen atoms in total. The zero-order valence-corrected chi connectivity index (χ0v) is 17.3. The number of carbonyl (C=O) groups excluding carboxylic acids is 1. The smallest absolute Gasteiger partial charge is 0.387 e. The summed E-state index contributed by atoms with van der Waals surface area (Å²) in [5.74, 6) is 6.39. The Morgan fingerprint density at radius 3 is 2.88 bits per heavy atom. The van der Waals surface area contributed by atoms with Crippen LogP contribution in [0.15, 0.2) is 42.9 Å². The van der Waals surface area contributed by atoms with Gasteiger partial charge in [-0.2, -0.15) is 13.9 Å². The molecule has 0 saturated heterocycles. The van der Waals surface area contributed by atoms with Gasteiger partial charge in [0.05, 0.1) is 34.9 Å². The van der Waals surface area contributed by atoms with Crippen LogP contribution in [0.5, 0.6) is 5.75 Å². The zero-order chi connectivity index (χ0) is 22.7. The standard InChI is InChI=1S/C23H16F2N6O2/c1-30-11-13(10-27-30)3-2-12-4-5-14-16(8-12)31-17-9-15(21(31)28-14)29-22(32)20-19(17)18(6-7-26-20)33-23(24)25/h4-8,10-11,15,17,23H,9H2,1H3,(H,29,32)/t15-,17-/m1/s1. The number of rotatable bonds is 2. The van der Waals surface area contributed by atoms with Gasteiger partial charge >= 0.3 is 6.61 Å². The summed E-state index contributed by atoms with van der Waals surface area (Å²) in [6.45, 7) is -3.02. The van der Waals surface area contributed by atoms with Crippen LogP contribution >= 0.6 is 0 Å². The average molecular weight is 446 g/mol. The summed E-state index contributed by atoms with van der Waals surface area (Å²) in [4.78, 5) is 21.6. The van der Waals surface area contributed by atoms with Gasteiger partial charge in [0.25, 0.3) is 5.91 Å². The number of imidazole rings is 1. The molecule has 33 heavy (non-hydrogen) atoms. The fraction of sp³-hybridized carbons (Fsp3) is 0.217. The Labute approximate surface area is 186 Å². The molecule has 3 aromatic heterocycles. The molecule has 4 aromatic rings. The Balaban J connectivity index is 1.50. The maximum absolute atomic E-state index is 13.1. The fourth-order valence-electron chi connectivity index (χ4n) is 4.58. The van der Waals surface area contributed by atoms with E-state index < -0.39 is 18.6 Å². The predicted octanol–water partition coefficient (Wildman–Crippen LogP) is 2.94. The number of pyridine rings is 1. The van der Waals surface area contributed by atoms with Gasteiger partial charge in [-0.05, 0) is 24.3 Å². The van der Waals surface area contributed by atoms with Crippen molar-refractivity contribution in [2.45, 2.75) is 25.1 Å². The molecule has 2 aliphatic rings. The molecule has 1 aromatic carbocycles. The highest BCUT2D eigenvalue weighted by Crippen LogP contribution is 2.46. The lowest BCUT2D eigenvalue weighted by atomic mass is 10.0. The van der Waals surface area contributed by atoms with E-state index >= 15 is 0 Å². The van der Waals surface area contributed by atoms with Crippen LogP contribution in [-0.4, -0.2) is 36.8 Å². The number of hydrogen-bond acceptors (Lipinski definition) is 5. The van der Waals surface area contributed by atoms with Crippen LogP contribution in [0.3, 0.4) is 0 Å².